The van der Waals surface area contributed by atoms with Crippen molar-refractivity contribution in [1.82, 2.24) is 4.98 Å². The first kappa shape index (κ1) is 13.7. The Morgan fingerprint density at radius 2 is 2.10 bits per heavy atom. The fourth-order valence-corrected chi connectivity index (χ4v) is 1.56. The third-order valence-electron chi connectivity index (χ3n) is 2.48. The Morgan fingerprint density at radius 1 is 1.30 bits per heavy atom. The molecule has 0 spiro atoms. The van der Waals surface area contributed by atoms with Gasteiger partial charge in [-0.15, -0.1) is 0 Å². The van der Waals surface area contributed by atoms with Crippen molar-refractivity contribution in [1.29, 1.82) is 0 Å². The summed E-state index contributed by atoms with van der Waals surface area (Å²) in [4.78, 5) is 4.08. The number of aromatic nitrogens is 1. The number of nitrogens with zero attached hydrogens (tertiary/aromatic N) is 2. The molecule has 6 nitrogen and oxygen atoms in total. The molecule has 0 saturated heterocycles. The summed E-state index contributed by atoms with van der Waals surface area (Å²) in [7, 11) is 0. The second-order valence-electron chi connectivity index (χ2n) is 3.88. The molecular formula is C14H15N3O3. The van der Waals surface area contributed by atoms with Crippen LogP contribution in [0.4, 0.5) is 0 Å². The van der Waals surface area contributed by atoms with Gasteiger partial charge in [-0.05, 0) is 25.1 Å². The minimum absolute atomic E-state index is 0.00222. The van der Waals surface area contributed by atoms with E-state index in [1.54, 1.807) is 18.2 Å². The van der Waals surface area contributed by atoms with Crippen molar-refractivity contribution in [3.63, 3.8) is 0 Å². The van der Waals surface area contributed by atoms with Crippen LogP contribution in [0.1, 0.15) is 12.5 Å². The van der Waals surface area contributed by atoms with Gasteiger partial charge in [0.2, 0.25) is 5.88 Å². The molecule has 0 unspecified atom stereocenters. The van der Waals surface area contributed by atoms with Gasteiger partial charge in [-0.1, -0.05) is 11.2 Å². The van der Waals surface area contributed by atoms with E-state index in [1.807, 2.05) is 25.1 Å². The average molecular weight is 273 g/mol. The molecule has 104 valence electrons. The van der Waals surface area contributed by atoms with Crippen LogP contribution in [0, 0.1) is 0 Å². The summed E-state index contributed by atoms with van der Waals surface area (Å²) in [6.45, 7) is 2.51. The van der Waals surface area contributed by atoms with E-state index in [0.29, 0.717) is 23.8 Å². The van der Waals surface area contributed by atoms with E-state index < -0.39 is 0 Å². The van der Waals surface area contributed by atoms with Crippen molar-refractivity contribution in [3.05, 3.63) is 48.2 Å². The van der Waals surface area contributed by atoms with Crippen molar-refractivity contribution in [2.75, 3.05) is 6.61 Å². The highest BCUT2D eigenvalue weighted by molar-refractivity contribution is 5.96. The second-order valence-corrected chi connectivity index (χ2v) is 3.88. The number of hydrogen-bond donors (Lipinski definition) is 2. The van der Waals surface area contributed by atoms with E-state index in [1.165, 1.54) is 6.20 Å². The van der Waals surface area contributed by atoms with Crippen LogP contribution in [-0.2, 0) is 0 Å². The van der Waals surface area contributed by atoms with Gasteiger partial charge in [-0.2, -0.15) is 0 Å². The zero-order chi connectivity index (χ0) is 14.4. The second kappa shape index (κ2) is 6.42. The summed E-state index contributed by atoms with van der Waals surface area (Å²) in [6.07, 6.45) is 1.47. The Hall–Kier alpha value is -2.76. The molecule has 0 atom stereocenters. The van der Waals surface area contributed by atoms with Gasteiger partial charge in [0.05, 0.1) is 6.61 Å². The number of amidine groups is 1. The molecule has 1 aromatic heterocycles. The van der Waals surface area contributed by atoms with Crippen molar-refractivity contribution in [3.8, 4) is 17.4 Å². The van der Waals surface area contributed by atoms with Crippen LogP contribution in [0.15, 0.2) is 47.8 Å². The van der Waals surface area contributed by atoms with Crippen LogP contribution >= 0.6 is 0 Å². The molecule has 1 heterocycles. The van der Waals surface area contributed by atoms with E-state index in [2.05, 4.69) is 10.1 Å². The number of rotatable bonds is 5. The lowest BCUT2D eigenvalue weighted by Gasteiger charge is -2.07. The van der Waals surface area contributed by atoms with Gasteiger partial charge in [0.25, 0.3) is 0 Å². The first-order valence-corrected chi connectivity index (χ1v) is 6.07. The van der Waals surface area contributed by atoms with Gasteiger partial charge >= 0.3 is 0 Å². The normalized spacial score (nSPS) is 11.2. The van der Waals surface area contributed by atoms with Crippen LogP contribution in [0.2, 0.25) is 0 Å². The predicted octanol–water partition coefficient (Wildman–Crippen LogP) is 2.37. The van der Waals surface area contributed by atoms with Crippen LogP contribution in [0.25, 0.3) is 0 Å². The predicted molar refractivity (Wildman–Crippen MR) is 74.4 cm³/mol. The molecule has 0 aliphatic carbocycles. The molecule has 0 saturated carbocycles. The number of benzene rings is 1. The minimum atomic E-state index is 0.00222. The third kappa shape index (κ3) is 3.38. The first-order valence-electron chi connectivity index (χ1n) is 6.07. The molecule has 0 amide bonds. The Bertz CT molecular complexity index is 597. The smallest absolute Gasteiger partial charge is 0.219 e. The monoisotopic (exact) mass is 273 g/mol. The lowest BCUT2D eigenvalue weighted by atomic mass is 10.2. The lowest BCUT2D eigenvalue weighted by molar-refractivity contribution is 0.318. The molecular weight excluding hydrogens is 258 g/mol. The molecule has 1 aromatic carbocycles. The van der Waals surface area contributed by atoms with Gasteiger partial charge in [0, 0.05) is 23.9 Å². The fraction of sp³-hybridized carbons (Fsp3) is 0.143. The standard InChI is InChI=1S/C14H15N3O3/c1-2-19-11-4-3-5-12(8-11)20-13-7-6-10(9-16-13)14(15)17-18/h3-9,18H,2H2,1H3,(H2,15,17). The summed E-state index contributed by atoms with van der Waals surface area (Å²) < 4.78 is 11.0. The number of ether oxygens (including phenoxy) is 2. The van der Waals surface area contributed by atoms with E-state index in [-0.39, 0.29) is 5.84 Å². The largest absolute Gasteiger partial charge is 0.494 e. The molecule has 0 bridgehead atoms. The SMILES string of the molecule is CCOc1cccc(Oc2ccc(C(N)=NO)cn2)c1. The van der Waals surface area contributed by atoms with Crippen LogP contribution < -0.4 is 15.2 Å². The number of oxime groups is 1. The number of pyridine rings is 1. The Morgan fingerprint density at radius 3 is 2.75 bits per heavy atom. The van der Waals surface area contributed by atoms with E-state index >= 15 is 0 Å². The van der Waals surface area contributed by atoms with Crippen molar-refractivity contribution < 1.29 is 14.7 Å². The summed E-state index contributed by atoms with van der Waals surface area (Å²) in [5, 5.41) is 11.5. The van der Waals surface area contributed by atoms with Gasteiger partial charge in [0.15, 0.2) is 5.84 Å². The van der Waals surface area contributed by atoms with Gasteiger partial charge in [-0.25, -0.2) is 4.98 Å². The maximum absolute atomic E-state index is 8.56. The van der Waals surface area contributed by atoms with Gasteiger partial charge < -0.3 is 20.4 Å². The highest BCUT2D eigenvalue weighted by Crippen LogP contribution is 2.24. The maximum Gasteiger partial charge on any atom is 0.219 e. The van der Waals surface area contributed by atoms with Gasteiger partial charge in [0.1, 0.15) is 11.5 Å². The maximum atomic E-state index is 8.56. The summed E-state index contributed by atoms with van der Waals surface area (Å²) in [6, 6.07) is 10.6. The first-order chi connectivity index (χ1) is 9.72. The van der Waals surface area contributed by atoms with Gasteiger partial charge in [-0.3, -0.25) is 0 Å². The molecule has 0 aliphatic rings. The van der Waals surface area contributed by atoms with Crippen molar-refractivity contribution in [2.45, 2.75) is 6.92 Å². The number of hydrogen-bond acceptors (Lipinski definition) is 5. The Balaban J connectivity index is 2.12. The summed E-state index contributed by atoms with van der Waals surface area (Å²) in [5.74, 6) is 1.77. The van der Waals surface area contributed by atoms with Crippen LogP contribution in [0.5, 0.6) is 17.4 Å². The van der Waals surface area contributed by atoms with Crippen LogP contribution in [0.3, 0.4) is 0 Å². The lowest BCUT2D eigenvalue weighted by Crippen LogP contribution is -2.13. The summed E-state index contributed by atoms with van der Waals surface area (Å²) >= 11 is 0. The third-order valence-corrected chi connectivity index (χ3v) is 2.48. The number of nitrogens with two attached hydrogens (primary N) is 1. The summed E-state index contributed by atoms with van der Waals surface area (Å²) in [5.41, 5.74) is 5.97. The highest BCUT2D eigenvalue weighted by atomic mass is 16.5. The molecule has 2 aromatic rings. The highest BCUT2D eigenvalue weighted by Gasteiger charge is 2.03. The molecule has 0 aliphatic heterocycles. The zero-order valence-corrected chi connectivity index (χ0v) is 11.0. The topological polar surface area (TPSA) is 90.0 Å². The molecule has 20 heavy (non-hydrogen) atoms. The molecule has 2 rings (SSSR count). The molecule has 0 fully saturated rings. The quantitative estimate of drug-likeness (QED) is 0.378. The Labute approximate surface area is 116 Å². The van der Waals surface area contributed by atoms with Crippen LogP contribution in [-0.4, -0.2) is 22.6 Å². The van der Waals surface area contributed by atoms with E-state index in [4.69, 9.17) is 20.4 Å². The minimum Gasteiger partial charge on any atom is -0.494 e. The Kier molecular flexibility index (Phi) is 4.39. The zero-order valence-electron chi connectivity index (χ0n) is 11.0. The molecule has 3 N–H and O–H groups in total. The molecule has 6 heteroatoms. The fourth-order valence-electron chi connectivity index (χ4n) is 1.56. The average Bonchev–Trinajstić information content (AvgIpc) is 2.48. The molecule has 0 radical (unpaired) electrons. The van der Waals surface area contributed by atoms with Crippen molar-refractivity contribution >= 4 is 5.84 Å². The van der Waals surface area contributed by atoms with E-state index in [0.717, 1.165) is 5.75 Å². The van der Waals surface area contributed by atoms with E-state index in [9.17, 15) is 0 Å². The van der Waals surface area contributed by atoms with Crippen molar-refractivity contribution in [2.24, 2.45) is 10.9 Å².